The molecule has 0 bridgehead atoms. The Hall–Kier alpha value is -0.820. The zero-order chi connectivity index (χ0) is 9.61. The maximum atomic E-state index is 3.77. The molecule has 12 heavy (non-hydrogen) atoms. The van der Waals surface area contributed by atoms with E-state index in [-0.39, 0.29) is 0 Å². The van der Waals surface area contributed by atoms with E-state index in [9.17, 15) is 0 Å². The molecule has 0 aromatic rings. The summed E-state index contributed by atoms with van der Waals surface area (Å²) in [5.74, 6) is 0. The lowest BCUT2D eigenvalue weighted by Gasteiger charge is -2.28. The molecule has 0 rings (SSSR count). The van der Waals surface area contributed by atoms with Crippen molar-refractivity contribution in [2.45, 2.75) is 6.92 Å². The van der Waals surface area contributed by atoms with Gasteiger partial charge in [0.1, 0.15) is 6.54 Å². The van der Waals surface area contributed by atoms with Gasteiger partial charge in [-0.25, -0.2) is 0 Å². The highest BCUT2D eigenvalue weighted by Crippen LogP contribution is 2.05. The smallest absolute Gasteiger partial charge is 0.104 e. The molecular weight excluding hydrogens is 146 g/mol. The second-order valence-corrected chi connectivity index (χ2v) is 3.59. The standard InChI is InChI=1S/C11H20N/c1-6-9-11(7-2)10-12(4,5)8-3/h6-7,9H,1-2,8,10H2,3-5H3/q+1/b11-9+. The zero-order valence-electron chi connectivity index (χ0n) is 8.51. The van der Waals surface area contributed by atoms with Crippen molar-refractivity contribution in [3.8, 4) is 0 Å². The monoisotopic (exact) mass is 166 g/mol. The molecule has 0 heterocycles. The van der Waals surface area contributed by atoms with Gasteiger partial charge in [-0.2, -0.15) is 0 Å². The number of quaternary nitrogens is 1. The number of rotatable bonds is 5. The van der Waals surface area contributed by atoms with Gasteiger partial charge in [-0.15, -0.1) is 0 Å². The maximum Gasteiger partial charge on any atom is 0.104 e. The van der Waals surface area contributed by atoms with Crippen molar-refractivity contribution in [2.75, 3.05) is 27.2 Å². The normalized spacial score (nSPS) is 12.8. The summed E-state index contributed by atoms with van der Waals surface area (Å²) in [5.41, 5.74) is 1.25. The van der Waals surface area contributed by atoms with Crippen LogP contribution in [0.1, 0.15) is 6.92 Å². The second-order valence-electron chi connectivity index (χ2n) is 3.59. The first-order chi connectivity index (χ1) is 5.55. The van der Waals surface area contributed by atoms with Crippen LogP contribution in [0.3, 0.4) is 0 Å². The van der Waals surface area contributed by atoms with E-state index >= 15 is 0 Å². The Kier molecular flexibility index (Phi) is 4.60. The predicted molar refractivity (Wildman–Crippen MR) is 56.0 cm³/mol. The Morgan fingerprint density at radius 3 is 2.25 bits per heavy atom. The molecule has 1 nitrogen and oxygen atoms in total. The molecule has 0 aliphatic rings. The van der Waals surface area contributed by atoms with Gasteiger partial charge in [0.05, 0.1) is 20.6 Å². The largest absolute Gasteiger partial charge is 0.325 e. The lowest BCUT2D eigenvalue weighted by molar-refractivity contribution is -0.883. The Balaban J connectivity index is 4.30. The average Bonchev–Trinajstić information content (AvgIpc) is 2.03. The van der Waals surface area contributed by atoms with E-state index in [1.165, 1.54) is 5.57 Å². The van der Waals surface area contributed by atoms with E-state index in [0.717, 1.165) is 17.6 Å². The molecule has 0 amide bonds. The molecule has 0 unspecified atom stereocenters. The topological polar surface area (TPSA) is 0 Å². The molecule has 0 spiro atoms. The summed E-state index contributed by atoms with van der Waals surface area (Å²) >= 11 is 0. The summed E-state index contributed by atoms with van der Waals surface area (Å²) in [7, 11) is 4.42. The van der Waals surface area contributed by atoms with Crippen molar-refractivity contribution in [1.82, 2.24) is 0 Å². The van der Waals surface area contributed by atoms with Crippen molar-refractivity contribution in [2.24, 2.45) is 0 Å². The van der Waals surface area contributed by atoms with Crippen LogP contribution < -0.4 is 0 Å². The highest BCUT2D eigenvalue weighted by Gasteiger charge is 2.11. The Morgan fingerprint density at radius 1 is 1.33 bits per heavy atom. The van der Waals surface area contributed by atoms with Gasteiger partial charge in [-0.05, 0) is 6.92 Å². The molecule has 0 aromatic heterocycles. The second kappa shape index (κ2) is 4.94. The van der Waals surface area contributed by atoms with Crippen molar-refractivity contribution in [1.29, 1.82) is 0 Å². The molecule has 0 aromatic carbocycles. The fourth-order valence-electron chi connectivity index (χ4n) is 0.943. The third-order valence-electron chi connectivity index (χ3n) is 2.06. The number of nitrogens with zero attached hydrogens (tertiary/aromatic N) is 1. The lowest BCUT2D eigenvalue weighted by Crippen LogP contribution is -2.40. The molecule has 0 saturated carbocycles. The Morgan fingerprint density at radius 2 is 1.92 bits per heavy atom. The molecule has 68 valence electrons. The number of allylic oxidation sites excluding steroid dienone is 2. The molecule has 0 atom stereocenters. The van der Waals surface area contributed by atoms with Crippen LogP contribution in [-0.4, -0.2) is 31.7 Å². The summed E-state index contributed by atoms with van der Waals surface area (Å²) in [6.45, 7) is 11.8. The first kappa shape index (κ1) is 11.2. The minimum Gasteiger partial charge on any atom is -0.325 e. The lowest BCUT2D eigenvalue weighted by atomic mass is 10.2. The summed E-state index contributed by atoms with van der Waals surface area (Å²) in [6, 6.07) is 0. The molecule has 0 radical (unpaired) electrons. The number of hydrogen-bond acceptors (Lipinski definition) is 0. The van der Waals surface area contributed by atoms with Crippen LogP contribution in [0, 0.1) is 0 Å². The van der Waals surface area contributed by atoms with Gasteiger partial charge in [0.2, 0.25) is 0 Å². The molecule has 1 heteroatoms. The zero-order valence-corrected chi connectivity index (χ0v) is 8.51. The first-order valence-corrected chi connectivity index (χ1v) is 4.31. The molecule has 0 saturated heterocycles. The van der Waals surface area contributed by atoms with Gasteiger partial charge in [-0.3, -0.25) is 0 Å². The van der Waals surface area contributed by atoms with Crippen LogP contribution >= 0.6 is 0 Å². The fraction of sp³-hybridized carbons (Fsp3) is 0.455. The summed E-state index contributed by atoms with van der Waals surface area (Å²) in [6.07, 6.45) is 5.73. The SMILES string of the molecule is C=C/C=C(\C=C)C[N+](C)(C)CC. The van der Waals surface area contributed by atoms with Crippen LogP contribution in [0.15, 0.2) is 37.0 Å². The number of likely N-dealkylation sites (N-methyl/N-ethyl adjacent to an activating group) is 1. The quantitative estimate of drug-likeness (QED) is 0.434. The van der Waals surface area contributed by atoms with E-state index in [4.69, 9.17) is 0 Å². The predicted octanol–water partition coefficient (Wildman–Crippen LogP) is 2.38. The minimum absolute atomic E-state index is 0.992. The van der Waals surface area contributed by atoms with Crippen molar-refractivity contribution < 1.29 is 4.48 Å². The maximum absolute atomic E-state index is 3.77. The van der Waals surface area contributed by atoms with Crippen LogP contribution in [0.4, 0.5) is 0 Å². The van der Waals surface area contributed by atoms with Gasteiger partial charge >= 0.3 is 0 Å². The highest BCUT2D eigenvalue weighted by molar-refractivity contribution is 5.21. The molecule has 0 aliphatic heterocycles. The molecule has 0 aliphatic carbocycles. The molecule has 0 N–H and O–H groups in total. The van der Waals surface area contributed by atoms with Gasteiger partial charge in [0.15, 0.2) is 0 Å². The van der Waals surface area contributed by atoms with Gasteiger partial charge in [-0.1, -0.05) is 31.4 Å². The third-order valence-corrected chi connectivity index (χ3v) is 2.06. The van der Waals surface area contributed by atoms with Crippen molar-refractivity contribution >= 4 is 0 Å². The Bertz CT molecular complexity index is 187. The fourth-order valence-corrected chi connectivity index (χ4v) is 0.943. The number of hydrogen-bond donors (Lipinski definition) is 0. The minimum atomic E-state index is 0.992. The van der Waals surface area contributed by atoms with Crippen molar-refractivity contribution in [3.63, 3.8) is 0 Å². The van der Waals surface area contributed by atoms with E-state index < -0.39 is 0 Å². The van der Waals surface area contributed by atoms with Crippen LogP contribution in [0.2, 0.25) is 0 Å². The van der Waals surface area contributed by atoms with E-state index in [2.05, 4.69) is 34.2 Å². The highest BCUT2D eigenvalue weighted by atomic mass is 15.3. The summed E-state index contributed by atoms with van der Waals surface area (Å²) in [4.78, 5) is 0. The van der Waals surface area contributed by atoms with Crippen LogP contribution in [0.5, 0.6) is 0 Å². The average molecular weight is 166 g/mol. The third kappa shape index (κ3) is 4.14. The van der Waals surface area contributed by atoms with E-state index in [1.54, 1.807) is 0 Å². The van der Waals surface area contributed by atoms with E-state index in [1.807, 2.05) is 18.2 Å². The summed E-state index contributed by atoms with van der Waals surface area (Å²) in [5, 5.41) is 0. The first-order valence-electron chi connectivity index (χ1n) is 4.31. The van der Waals surface area contributed by atoms with Gasteiger partial charge in [0, 0.05) is 5.57 Å². The molecule has 0 fully saturated rings. The van der Waals surface area contributed by atoms with Gasteiger partial charge in [0.25, 0.3) is 0 Å². The van der Waals surface area contributed by atoms with E-state index in [0.29, 0.717) is 0 Å². The van der Waals surface area contributed by atoms with Crippen LogP contribution in [-0.2, 0) is 0 Å². The summed E-state index contributed by atoms with van der Waals surface area (Å²) < 4.78 is 0.992. The molecular formula is C11H20N+. The van der Waals surface area contributed by atoms with Crippen molar-refractivity contribution in [3.05, 3.63) is 37.0 Å². The van der Waals surface area contributed by atoms with Crippen LogP contribution in [0.25, 0.3) is 0 Å². The van der Waals surface area contributed by atoms with Gasteiger partial charge < -0.3 is 4.48 Å². The Labute approximate surface area is 76.3 Å².